The second-order valence-corrected chi connectivity index (χ2v) is 14.1. The van der Waals surface area contributed by atoms with Crippen LogP contribution in [0.5, 0.6) is 23.0 Å². The first kappa shape index (κ1) is 43.1. The van der Waals surface area contributed by atoms with Gasteiger partial charge in [0.25, 0.3) is 0 Å². The van der Waals surface area contributed by atoms with Gasteiger partial charge in [-0.25, -0.2) is 19.9 Å². The van der Waals surface area contributed by atoms with Crippen LogP contribution in [0.2, 0.25) is 0 Å². The van der Waals surface area contributed by atoms with Crippen molar-refractivity contribution in [2.24, 2.45) is 0 Å². The summed E-state index contributed by atoms with van der Waals surface area (Å²) in [5.41, 5.74) is 11.4. The Morgan fingerprint density at radius 2 is 0.435 bits per heavy atom. The van der Waals surface area contributed by atoms with Gasteiger partial charge in [0.1, 0.15) is 23.0 Å². The fourth-order valence-electron chi connectivity index (χ4n) is 7.23. The van der Waals surface area contributed by atoms with Crippen LogP contribution in [0.25, 0.3) is 88.6 Å². The number of rotatable bonds is 8. The van der Waals surface area contributed by atoms with Crippen LogP contribution in [0.3, 0.4) is 0 Å². The zero-order valence-electron chi connectivity index (χ0n) is 34.3. The van der Waals surface area contributed by atoms with E-state index in [0.29, 0.717) is 0 Å². The summed E-state index contributed by atoms with van der Waals surface area (Å²) < 4.78 is 21.1. The molecule has 1 radical (unpaired) electrons. The molecule has 62 heavy (non-hydrogen) atoms. The minimum absolute atomic E-state index is 0. The Bertz CT molecular complexity index is 2700. The Hall–Kier alpha value is -7.03. The molecule has 0 aliphatic carbocycles. The number of pyridine rings is 4. The maximum absolute atomic E-state index is 5.26. The van der Waals surface area contributed by atoms with Crippen molar-refractivity contribution in [2.75, 3.05) is 28.4 Å². The number of benzene rings is 6. The van der Waals surface area contributed by atoms with E-state index in [1.54, 1.807) is 28.4 Å². The van der Waals surface area contributed by atoms with Gasteiger partial charge < -0.3 is 31.4 Å². The molecule has 0 unspecified atom stereocenters. The summed E-state index contributed by atoms with van der Waals surface area (Å²) in [6, 6.07) is 56.7. The third kappa shape index (κ3) is 8.87. The third-order valence-corrected chi connectivity index (χ3v) is 10.6. The molecule has 0 saturated carbocycles. The number of methoxy groups -OCH3 is 4. The van der Waals surface area contributed by atoms with E-state index in [1.165, 1.54) is 0 Å². The van der Waals surface area contributed by atoms with Gasteiger partial charge in [-0.15, -0.1) is 0 Å². The Morgan fingerprint density at radius 3 is 0.613 bits per heavy atom. The molecular weight excluding hydrogens is 844 g/mol. The van der Waals surface area contributed by atoms with Gasteiger partial charge in [-0.1, -0.05) is 48.5 Å². The van der Waals surface area contributed by atoms with Crippen LogP contribution in [0.4, 0.5) is 0 Å². The van der Waals surface area contributed by atoms with Crippen LogP contribution in [0.15, 0.2) is 170 Å². The van der Waals surface area contributed by atoms with Gasteiger partial charge in [-0.05, 0) is 121 Å². The number of aromatic nitrogens is 4. The fraction of sp³-hybridized carbons (Fsp3) is 0.0769. The number of hydrogen-bond acceptors (Lipinski definition) is 8. The molecular formula is C52H40ClCuN4O4-. The molecule has 4 heterocycles. The van der Waals surface area contributed by atoms with Crippen molar-refractivity contribution >= 4 is 43.6 Å². The van der Waals surface area contributed by atoms with Crippen LogP contribution in [0, 0.1) is 0 Å². The van der Waals surface area contributed by atoms with Gasteiger partial charge in [0.15, 0.2) is 0 Å². The Kier molecular flexibility index (Phi) is 13.3. The number of ether oxygens (including phenoxy) is 4. The average Bonchev–Trinajstić information content (AvgIpc) is 3.33. The zero-order valence-corrected chi connectivity index (χ0v) is 36.0. The van der Waals surface area contributed by atoms with Gasteiger partial charge in [-0.2, -0.15) is 0 Å². The number of fused-ring (bicyclic) bond motifs is 6. The van der Waals surface area contributed by atoms with Gasteiger partial charge >= 0.3 is 0 Å². The van der Waals surface area contributed by atoms with Crippen molar-refractivity contribution in [3.63, 3.8) is 0 Å². The van der Waals surface area contributed by atoms with Crippen LogP contribution in [-0.2, 0) is 17.1 Å². The molecule has 4 aromatic heterocycles. The van der Waals surface area contributed by atoms with Crippen LogP contribution >= 0.6 is 0 Å². The van der Waals surface area contributed by atoms with E-state index in [1.807, 2.05) is 121 Å². The quantitative estimate of drug-likeness (QED) is 0.110. The summed E-state index contributed by atoms with van der Waals surface area (Å²) in [5.74, 6) is 3.32. The predicted molar refractivity (Wildman–Crippen MR) is 242 cm³/mol. The number of nitrogens with zero attached hydrogens (tertiary/aromatic N) is 4. The van der Waals surface area contributed by atoms with Gasteiger partial charge in [0.05, 0.1) is 73.3 Å². The number of hydrogen-bond donors (Lipinski definition) is 0. The second kappa shape index (κ2) is 19.1. The average molecular weight is 884 g/mol. The van der Waals surface area contributed by atoms with Gasteiger partial charge in [0, 0.05) is 60.9 Å². The molecule has 8 nitrogen and oxygen atoms in total. The SMILES string of the molecule is COc1ccc(-c2ccc3ccc4ccc(-c5ccc(OC)cc5)nc4c3n2)cc1.COc1ccc(-c2ccc3ccc4ccc(-c5ccc(OC)cc5)nc4c3n2)cc1.[Cl-].[Cu]. The van der Waals surface area contributed by atoms with E-state index in [9.17, 15) is 0 Å². The van der Waals surface area contributed by atoms with Crippen LogP contribution in [-0.4, -0.2) is 48.4 Å². The van der Waals surface area contributed by atoms with E-state index >= 15 is 0 Å². The van der Waals surface area contributed by atoms with Crippen LogP contribution in [0.1, 0.15) is 0 Å². The molecule has 10 rings (SSSR count). The first-order valence-corrected chi connectivity index (χ1v) is 19.5. The fourth-order valence-corrected chi connectivity index (χ4v) is 7.23. The Morgan fingerprint density at radius 1 is 0.258 bits per heavy atom. The van der Waals surface area contributed by atoms with Crippen molar-refractivity contribution < 1.29 is 48.4 Å². The second-order valence-electron chi connectivity index (χ2n) is 14.1. The first-order valence-electron chi connectivity index (χ1n) is 19.5. The van der Waals surface area contributed by atoms with E-state index in [0.717, 1.165) is 112 Å². The summed E-state index contributed by atoms with van der Waals surface area (Å²) in [6.07, 6.45) is 0. The van der Waals surface area contributed by atoms with E-state index in [4.69, 9.17) is 38.9 Å². The summed E-state index contributed by atoms with van der Waals surface area (Å²) in [7, 11) is 6.67. The maximum Gasteiger partial charge on any atom is 0.118 e. The monoisotopic (exact) mass is 882 g/mol. The summed E-state index contributed by atoms with van der Waals surface area (Å²) in [6.45, 7) is 0. The maximum atomic E-state index is 5.26. The van der Waals surface area contributed by atoms with E-state index < -0.39 is 0 Å². The van der Waals surface area contributed by atoms with Crippen molar-refractivity contribution in [1.29, 1.82) is 0 Å². The predicted octanol–water partition coefficient (Wildman–Crippen LogP) is 9.27. The van der Waals surface area contributed by atoms with Crippen molar-refractivity contribution in [1.82, 2.24) is 19.9 Å². The molecule has 0 saturated heterocycles. The minimum atomic E-state index is 0. The molecule has 0 bridgehead atoms. The topological polar surface area (TPSA) is 88.5 Å². The number of halogens is 1. The zero-order chi connectivity index (χ0) is 41.0. The Balaban J connectivity index is 0.000000181. The standard InChI is InChI=1S/2C26H20N2O2.ClH.Cu/c2*1-29-21-11-5-17(6-12-21)23-15-9-19-3-4-20-10-16-24(28-26(20)25(19)27-23)18-7-13-22(30-2)14-8-18;;/h2*3-16H,1-2H3;1H;/p-1. The van der Waals surface area contributed by atoms with Crippen molar-refractivity contribution in [2.45, 2.75) is 0 Å². The van der Waals surface area contributed by atoms with Crippen molar-refractivity contribution in [3.05, 3.63) is 170 Å². The molecule has 0 spiro atoms. The molecule has 10 aromatic rings. The molecule has 6 aromatic carbocycles. The minimum Gasteiger partial charge on any atom is -1.00 e. The van der Waals surface area contributed by atoms with Gasteiger partial charge in [0.2, 0.25) is 0 Å². The normalized spacial score (nSPS) is 10.6. The van der Waals surface area contributed by atoms with Gasteiger partial charge in [-0.3, -0.25) is 0 Å². The molecule has 0 aliphatic heterocycles. The molecule has 0 fully saturated rings. The van der Waals surface area contributed by atoms with Crippen molar-refractivity contribution in [3.8, 4) is 68.0 Å². The molecule has 0 atom stereocenters. The molecule has 10 heteroatoms. The van der Waals surface area contributed by atoms with E-state index in [2.05, 4.69) is 48.5 Å². The van der Waals surface area contributed by atoms with E-state index in [-0.39, 0.29) is 29.5 Å². The molecule has 311 valence electrons. The summed E-state index contributed by atoms with van der Waals surface area (Å²) >= 11 is 0. The Labute approximate surface area is 376 Å². The largest absolute Gasteiger partial charge is 1.00 e. The summed E-state index contributed by atoms with van der Waals surface area (Å²) in [4.78, 5) is 19.9. The smallest absolute Gasteiger partial charge is 0.118 e. The third-order valence-electron chi connectivity index (χ3n) is 10.6. The summed E-state index contributed by atoms with van der Waals surface area (Å²) in [5, 5.41) is 4.27. The molecule has 0 N–H and O–H groups in total. The molecule has 0 aliphatic rings. The van der Waals surface area contributed by atoms with Crippen LogP contribution < -0.4 is 31.4 Å². The first-order chi connectivity index (χ1) is 29.5. The molecule has 0 amide bonds.